The highest BCUT2D eigenvalue weighted by atomic mass is 16.3. The first-order chi connectivity index (χ1) is 11.3. The molecule has 0 atom stereocenters. The van der Waals surface area contributed by atoms with Crippen LogP contribution in [0.3, 0.4) is 0 Å². The molecule has 0 saturated carbocycles. The summed E-state index contributed by atoms with van der Waals surface area (Å²) in [5.74, 6) is 1.11. The van der Waals surface area contributed by atoms with Crippen molar-refractivity contribution in [2.75, 3.05) is 0 Å². The summed E-state index contributed by atoms with van der Waals surface area (Å²) in [6.45, 7) is 2.88. The Labute approximate surface area is 135 Å². The Kier molecular flexibility index (Phi) is 3.56. The van der Waals surface area contributed by atoms with Gasteiger partial charge in [-0.15, -0.1) is 0 Å². The molecule has 0 fully saturated rings. The minimum atomic E-state index is 0.367. The van der Waals surface area contributed by atoms with Crippen LogP contribution in [0.1, 0.15) is 27.2 Å². The van der Waals surface area contributed by atoms with Gasteiger partial charge in [-0.25, -0.2) is 0 Å². The number of nitrogens with zero attached hydrogens (tertiary/aromatic N) is 1. The molecule has 3 heteroatoms. The second-order valence-electron chi connectivity index (χ2n) is 5.93. The number of aldehydes is 1. The van der Waals surface area contributed by atoms with Crippen molar-refractivity contribution in [1.29, 1.82) is 0 Å². The fraction of sp³-hybridized carbons (Fsp3) is 0.150. The van der Waals surface area contributed by atoms with Crippen molar-refractivity contribution in [3.63, 3.8) is 0 Å². The van der Waals surface area contributed by atoms with Crippen molar-refractivity contribution in [3.8, 4) is 11.3 Å². The van der Waals surface area contributed by atoms with Gasteiger partial charge in [0.25, 0.3) is 0 Å². The first-order valence-electron chi connectivity index (χ1n) is 7.75. The standard InChI is InChI=1S/C20H17NO2/c22-14-19-8-9-20(23-19)16-6-7-17-12-21(13-18(17)10-16)11-15-4-2-1-3-5-15/h1-10,14H,11-13H2. The van der Waals surface area contributed by atoms with Crippen LogP contribution in [0, 0.1) is 0 Å². The van der Waals surface area contributed by atoms with Crippen LogP contribution in [0.15, 0.2) is 65.1 Å². The zero-order valence-electron chi connectivity index (χ0n) is 12.7. The van der Waals surface area contributed by atoms with Gasteiger partial charge in [0, 0.05) is 25.2 Å². The zero-order valence-corrected chi connectivity index (χ0v) is 12.7. The topological polar surface area (TPSA) is 33.5 Å². The average molecular weight is 303 g/mol. The minimum Gasteiger partial charge on any atom is -0.453 e. The summed E-state index contributed by atoms with van der Waals surface area (Å²) >= 11 is 0. The van der Waals surface area contributed by atoms with Gasteiger partial charge in [0.1, 0.15) is 5.76 Å². The molecule has 3 nitrogen and oxygen atoms in total. The van der Waals surface area contributed by atoms with Gasteiger partial charge in [0.2, 0.25) is 0 Å². The van der Waals surface area contributed by atoms with Gasteiger partial charge in [-0.2, -0.15) is 0 Å². The predicted molar refractivity (Wildman–Crippen MR) is 88.9 cm³/mol. The second kappa shape index (κ2) is 5.86. The lowest BCUT2D eigenvalue weighted by molar-refractivity contribution is 0.110. The van der Waals surface area contributed by atoms with E-state index in [9.17, 15) is 4.79 Å². The largest absolute Gasteiger partial charge is 0.453 e. The number of hydrogen-bond donors (Lipinski definition) is 0. The number of benzene rings is 2. The van der Waals surface area contributed by atoms with E-state index in [1.807, 2.05) is 12.1 Å². The van der Waals surface area contributed by atoms with Gasteiger partial charge >= 0.3 is 0 Å². The van der Waals surface area contributed by atoms with E-state index in [2.05, 4.69) is 47.4 Å². The normalized spacial score (nSPS) is 13.9. The van der Waals surface area contributed by atoms with Crippen LogP contribution >= 0.6 is 0 Å². The van der Waals surface area contributed by atoms with Crippen LogP contribution in [0.2, 0.25) is 0 Å². The third kappa shape index (κ3) is 2.83. The van der Waals surface area contributed by atoms with Crippen molar-refractivity contribution in [2.45, 2.75) is 19.6 Å². The molecular weight excluding hydrogens is 286 g/mol. The molecule has 1 aliphatic rings. The monoisotopic (exact) mass is 303 g/mol. The smallest absolute Gasteiger partial charge is 0.185 e. The van der Waals surface area contributed by atoms with E-state index < -0.39 is 0 Å². The van der Waals surface area contributed by atoms with Crippen molar-refractivity contribution in [3.05, 3.63) is 83.1 Å². The van der Waals surface area contributed by atoms with E-state index in [1.165, 1.54) is 16.7 Å². The predicted octanol–water partition coefficient (Wildman–Crippen LogP) is 4.27. The summed E-state index contributed by atoms with van der Waals surface area (Å²) < 4.78 is 5.52. The van der Waals surface area contributed by atoms with Crippen LogP contribution in [0.25, 0.3) is 11.3 Å². The highest BCUT2D eigenvalue weighted by Crippen LogP contribution is 2.30. The maximum Gasteiger partial charge on any atom is 0.185 e. The van der Waals surface area contributed by atoms with E-state index >= 15 is 0 Å². The number of carbonyl (C=O) groups excluding carboxylic acids is 1. The molecule has 2 heterocycles. The fourth-order valence-corrected chi connectivity index (χ4v) is 3.14. The Bertz CT molecular complexity index is 836. The Balaban J connectivity index is 1.54. The minimum absolute atomic E-state index is 0.367. The first-order valence-corrected chi connectivity index (χ1v) is 7.75. The van der Waals surface area contributed by atoms with E-state index in [0.717, 1.165) is 37.2 Å². The molecular formula is C20H17NO2. The molecule has 0 radical (unpaired) electrons. The Morgan fingerprint density at radius 2 is 1.78 bits per heavy atom. The molecule has 0 aliphatic carbocycles. The summed E-state index contributed by atoms with van der Waals surface area (Å²) in [6.07, 6.45) is 0.735. The third-order valence-electron chi connectivity index (χ3n) is 4.27. The molecule has 1 aliphatic heterocycles. The first kappa shape index (κ1) is 14.0. The molecule has 0 amide bonds. The average Bonchev–Trinajstić information content (AvgIpc) is 3.21. The molecule has 2 aromatic carbocycles. The summed E-state index contributed by atoms with van der Waals surface area (Å²) in [6, 6.07) is 20.5. The van der Waals surface area contributed by atoms with E-state index in [0.29, 0.717) is 5.76 Å². The maximum absolute atomic E-state index is 10.8. The lowest BCUT2D eigenvalue weighted by atomic mass is 10.1. The number of hydrogen-bond acceptors (Lipinski definition) is 3. The molecule has 0 bridgehead atoms. The van der Waals surface area contributed by atoms with Crippen molar-refractivity contribution < 1.29 is 9.21 Å². The lowest BCUT2D eigenvalue weighted by Gasteiger charge is -2.14. The third-order valence-corrected chi connectivity index (χ3v) is 4.27. The van der Waals surface area contributed by atoms with Gasteiger partial charge in [-0.3, -0.25) is 9.69 Å². The number of furan rings is 1. The Hall–Kier alpha value is -2.65. The molecule has 4 rings (SSSR count). The van der Waals surface area contributed by atoms with Crippen LogP contribution in [-0.4, -0.2) is 11.2 Å². The fourth-order valence-electron chi connectivity index (χ4n) is 3.14. The van der Waals surface area contributed by atoms with Crippen LogP contribution in [-0.2, 0) is 19.6 Å². The number of fused-ring (bicyclic) bond motifs is 1. The zero-order chi connectivity index (χ0) is 15.6. The summed E-state index contributed by atoms with van der Waals surface area (Å²) in [4.78, 5) is 13.2. The molecule has 3 aromatic rings. The second-order valence-corrected chi connectivity index (χ2v) is 5.93. The lowest BCUT2D eigenvalue weighted by Crippen LogP contribution is -2.15. The van der Waals surface area contributed by atoms with E-state index in [-0.39, 0.29) is 0 Å². The van der Waals surface area contributed by atoms with E-state index in [4.69, 9.17) is 4.42 Å². The molecule has 114 valence electrons. The SMILES string of the molecule is O=Cc1ccc(-c2ccc3c(c2)CN(Cc2ccccc2)C3)o1. The highest BCUT2D eigenvalue weighted by Gasteiger charge is 2.20. The van der Waals surface area contributed by atoms with Gasteiger partial charge in [0.15, 0.2) is 12.0 Å². The summed E-state index contributed by atoms with van der Waals surface area (Å²) in [5.41, 5.74) is 5.06. The molecule has 0 N–H and O–H groups in total. The number of carbonyl (C=O) groups is 1. The van der Waals surface area contributed by atoms with Gasteiger partial charge in [0.05, 0.1) is 0 Å². The van der Waals surface area contributed by atoms with Crippen molar-refractivity contribution >= 4 is 6.29 Å². The molecule has 0 unspecified atom stereocenters. The van der Waals surface area contributed by atoms with Gasteiger partial charge < -0.3 is 4.42 Å². The van der Waals surface area contributed by atoms with Crippen LogP contribution < -0.4 is 0 Å². The van der Waals surface area contributed by atoms with Gasteiger partial charge in [-0.1, -0.05) is 42.5 Å². The van der Waals surface area contributed by atoms with Crippen LogP contribution in [0.4, 0.5) is 0 Å². The molecule has 0 saturated heterocycles. The number of rotatable bonds is 4. The Morgan fingerprint density at radius 3 is 2.57 bits per heavy atom. The summed E-state index contributed by atoms with van der Waals surface area (Å²) in [5, 5.41) is 0. The Morgan fingerprint density at radius 1 is 0.957 bits per heavy atom. The van der Waals surface area contributed by atoms with Crippen molar-refractivity contribution in [1.82, 2.24) is 4.90 Å². The molecule has 0 spiro atoms. The summed E-state index contributed by atoms with van der Waals surface area (Å²) in [7, 11) is 0. The van der Waals surface area contributed by atoms with Gasteiger partial charge in [-0.05, 0) is 34.9 Å². The van der Waals surface area contributed by atoms with Crippen LogP contribution in [0.5, 0.6) is 0 Å². The quantitative estimate of drug-likeness (QED) is 0.675. The molecule has 23 heavy (non-hydrogen) atoms. The molecule has 1 aromatic heterocycles. The van der Waals surface area contributed by atoms with Crippen molar-refractivity contribution in [2.24, 2.45) is 0 Å². The highest BCUT2D eigenvalue weighted by molar-refractivity contribution is 5.73. The maximum atomic E-state index is 10.8. The van der Waals surface area contributed by atoms with E-state index in [1.54, 1.807) is 6.07 Å².